The maximum atomic E-state index is 13.5. The summed E-state index contributed by atoms with van der Waals surface area (Å²) >= 11 is 3.36. The van der Waals surface area contributed by atoms with Gasteiger partial charge in [0.15, 0.2) is 0 Å². The fourth-order valence-corrected chi connectivity index (χ4v) is 3.96. The van der Waals surface area contributed by atoms with Gasteiger partial charge in [-0.1, -0.05) is 54.2 Å². The molecule has 1 nitrogen and oxygen atoms in total. The van der Waals surface area contributed by atoms with Crippen LogP contribution in [0.2, 0.25) is 0 Å². The first-order chi connectivity index (χ1) is 10.00. The molecule has 0 spiro atoms. The van der Waals surface area contributed by atoms with Gasteiger partial charge in [0.2, 0.25) is 6.43 Å². The van der Waals surface area contributed by atoms with Crippen molar-refractivity contribution in [2.45, 2.75) is 57.5 Å². The zero-order valence-electron chi connectivity index (χ0n) is 12.4. The standard InChI is InChI=1S/C17H23BrF2O/c1-2-15(16(19)20)17(21,12-6-4-3-5-7-12)13-8-10-14(18)11-9-13/h8-12,15-16,21H,2-7H2,1H3. The Kier molecular flexibility index (Phi) is 5.78. The van der Waals surface area contributed by atoms with E-state index in [2.05, 4.69) is 15.9 Å². The third kappa shape index (κ3) is 3.48. The molecule has 4 heteroatoms. The van der Waals surface area contributed by atoms with Gasteiger partial charge in [0.25, 0.3) is 0 Å². The number of alkyl halides is 2. The highest BCUT2D eigenvalue weighted by atomic mass is 79.9. The Morgan fingerprint density at radius 1 is 1.19 bits per heavy atom. The van der Waals surface area contributed by atoms with Gasteiger partial charge in [-0.25, -0.2) is 8.78 Å². The molecule has 118 valence electrons. The molecule has 2 atom stereocenters. The van der Waals surface area contributed by atoms with Crippen LogP contribution in [0.3, 0.4) is 0 Å². The first-order valence-corrected chi connectivity index (χ1v) is 8.56. The minimum atomic E-state index is -2.51. The fraction of sp³-hybridized carbons (Fsp3) is 0.647. The van der Waals surface area contributed by atoms with E-state index in [1.165, 1.54) is 0 Å². The number of aliphatic hydroxyl groups is 1. The van der Waals surface area contributed by atoms with Crippen molar-refractivity contribution in [2.24, 2.45) is 11.8 Å². The lowest BCUT2D eigenvalue weighted by atomic mass is 9.66. The summed E-state index contributed by atoms with van der Waals surface area (Å²) in [5.74, 6) is -1.09. The maximum absolute atomic E-state index is 13.5. The van der Waals surface area contributed by atoms with Crippen LogP contribution in [0.4, 0.5) is 8.78 Å². The normalized spacial score (nSPS) is 21.2. The summed E-state index contributed by atoms with van der Waals surface area (Å²) in [5, 5.41) is 11.3. The van der Waals surface area contributed by atoms with Crippen LogP contribution >= 0.6 is 15.9 Å². The van der Waals surface area contributed by atoms with Crippen molar-refractivity contribution in [3.8, 4) is 0 Å². The number of benzene rings is 1. The third-order valence-corrected chi connectivity index (χ3v) is 5.37. The van der Waals surface area contributed by atoms with Crippen LogP contribution in [-0.4, -0.2) is 11.5 Å². The van der Waals surface area contributed by atoms with E-state index in [1.54, 1.807) is 19.1 Å². The van der Waals surface area contributed by atoms with Gasteiger partial charge in [-0.3, -0.25) is 0 Å². The Hall–Kier alpha value is -0.480. The lowest BCUT2D eigenvalue weighted by Crippen LogP contribution is -2.46. The van der Waals surface area contributed by atoms with Gasteiger partial charge >= 0.3 is 0 Å². The van der Waals surface area contributed by atoms with E-state index in [4.69, 9.17) is 0 Å². The van der Waals surface area contributed by atoms with Crippen molar-refractivity contribution < 1.29 is 13.9 Å². The molecule has 2 unspecified atom stereocenters. The van der Waals surface area contributed by atoms with Crippen molar-refractivity contribution in [1.29, 1.82) is 0 Å². The fourth-order valence-electron chi connectivity index (χ4n) is 3.69. The summed E-state index contributed by atoms with van der Waals surface area (Å²) in [5.41, 5.74) is -0.797. The quantitative estimate of drug-likeness (QED) is 0.733. The molecule has 2 rings (SSSR count). The first-order valence-electron chi connectivity index (χ1n) is 7.76. The second-order valence-electron chi connectivity index (χ2n) is 6.02. The van der Waals surface area contributed by atoms with Crippen molar-refractivity contribution in [2.75, 3.05) is 0 Å². The van der Waals surface area contributed by atoms with Crippen LogP contribution in [0.15, 0.2) is 28.7 Å². The highest BCUT2D eigenvalue weighted by Crippen LogP contribution is 2.47. The van der Waals surface area contributed by atoms with Gasteiger partial charge in [0, 0.05) is 4.47 Å². The molecule has 1 aliphatic carbocycles. The number of hydrogen-bond donors (Lipinski definition) is 1. The predicted molar refractivity (Wildman–Crippen MR) is 84.4 cm³/mol. The predicted octanol–water partition coefficient (Wildman–Crippen LogP) is 5.51. The Morgan fingerprint density at radius 2 is 1.76 bits per heavy atom. The molecule has 1 aliphatic rings. The average molecular weight is 361 g/mol. The Morgan fingerprint density at radius 3 is 2.24 bits per heavy atom. The third-order valence-electron chi connectivity index (χ3n) is 4.84. The number of halogens is 3. The molecule has 1 saturated carbocycles. The van der Waals surface area contributed by atoms with Crippen LogP contribution < -0.4 is 0 Å². The van der Waals surface area contributed by atoms with Crippen molar-refractivity contribution in [3.05, 3.63) is 34.3 Å². The first kappa shape index (κ1) is 16.9. The molecule has 0 radical (unpaired) electrons. The SMILES string of the molecule is CCC(C(F)F)C(O)(c1ccc(Br)cc1)C1CCCCC1. The van der Waals surface area contributed by atoms with Gasteiger partial charge in [0.05, 0.1) is 5.92 Å². The molecule has 0 heterocycles. The van der Waals surface area contributed by atoms with Crippen molar-refractivity contribution in [1.82, 2.24) is 0 Å². The summed E-state index contributed by atoms with van der Waals surface area (Å²) < 4.78 is 28.0. The highest BCUT2D eigenvalue weighted by molar-refractivity contribution is 9.10. The van der Waals surface area contributed by atoms with E-state index in [-0.39, 0.29) is 12.3 Å². The Bertz CT molecular complexity index is 443. The van der Waals surface area contributed by atoms with Crippen LogP contribution in [0, 0.1) is 11.8 Å². The molecule has 1 aromatic carbocycles. The molecule has 1 fully saturated rings. The van der Waals surface area contributed by atoms with Crippen molar-refractivity contribution >= 4 is 15.9 Å². The monoisotopic (exact) mass is 360 g/mol. The zero-order chi connectivity index (χ0) is 15.5. The molecule has 1 aromatic rings. The van der Waals surface area contributed by atoms with Gasteiger partial charge in [0.1, 0.15) is 5.60 Å². The number of rotatable bonds is 5. The largest absolute Gasteiger partial charge is 0.384 e. The lowest BCUT2D eigenvalue weighted by Gasteiger charge is -2.44. The summed E-state index contributed by atoms with van der Waals surface area (Å²) in [6.45, 7) is 1.74. The van der Waals surface area contributed by atoms with E-state index < -0.39 is 17.9 Å². The average Bonchev–Trinajstić information content (AvgIpc) is 2.49. The van der Waals surface area contributed by atoms with Crippen LogP contribution in [0.5, 0.6) is 0 Å². The molecular weight excluding hydrogens is 338 g/mol. The number of hydrogen-bond acceptors (Lipinski definition) is 1. The maximum Gasteiger partial charge on any atom is 0.244 e. The van der Waals surface area contributed by atoms with E-state index in [9.17, 15) is 13.9 Å². The van der Waals surface area contributed by atoms with Crippen molar-refractivity contribution in [3.63, 3.8) is 0 Å². The zero-order valence-corrected chi connectivity index (χ0v) is 14.0. The second-order valence-corrected chi connectivity index (χ2v) is 6.93. The molecule has 21 heavy (non-hydrogen) atoms. The van der Waals surface area contributed by atoms with Gasteiger partial charge < -0.3 is 5.11 Å². The van der Waals surface area contributed by atoms with E-state index >= 15 is 0 Å². The van der Waals surface area contributed by atoms with Crippen LogP contribution in [0.25, 0.3) is 0 Å². The molecule has 0 amide bonds. The molecule has 0 aromatic heterocycles. The van der Waals surface area contributed by atoms with E-state index in [1.807, 2.05) is 12.1 Å². The molecule has 1 N–H and O–H groups in total. The Balaban J connectivity index is 2.43. The van der Waals surface area contributed by atoms with Gasteiger partial charge in [-0.2, -0.15) is 0 Å². The van der Waals surface area contributed by atoms with Crippen LogP contribution in [-0.2, 0) is 5.60 Å². The summed E-state index contributed by atoms with van der Waals surface area (Å²) in [4.78, 5) is 0. The van der Waals surface area contributed by atoms with Gasteiger partial charge in [-0.05, 0) is 42.9 Å². The molecule has 0 bridgehead atoms. The minimum absolute atomic E-state index is 0.0774. The van der Waals surface area contributed by atoms with E-state index in [0.29, 0.717) is 5.56 Å². The summed E-state index contributed by atoms with van der Waals surface area (Å²) in [6.07, 6.45) is 2.60. The molecular formula is C17H23BrF2O. The topological polar surface area (TPSA) is 20.2 Å². The summed E-state index contributed by atoms with van der Waals surface area (Å²) in [6, 6.07) is 7.20. The lowest BCUT2D eigenvalue weighted by molar-refractivity contribution is -0.136. The minimum Gasteiger partial charge on any atom is -0.384 e. The molecule has 0 aliphatic heterocycles. The second kappa shape index (κ2) is 7.19. The summed E-state index contributed by atoms with van der Waals surface area (Å²) in [7, 11) is 0. The highest BCUT2D eigenvalue weighted by Gasteiger charge is 2.48. The van der Waals surface area contributed by atoms with E-state index in [0.717, 1.165) is 36.6 Å². The van der Waals surface area contributed by atoms with Gasteiger partial charge in [-0.15, -0.1) is 0 Å². The van der Waals surface area contributed by atoms with Crippen LogP contribution in [0.1, 0.15) is 51.0 Å². The molecule has 0 saturated heterocycles. The Labute approximate surface area is 133 Å². The smallest absolute Gasteiger partial charge is 0.244 e.